The van der Waals surface area contributed by atoms with E-state index in [0.29, 0.717) is 13.1 Å². The summed E-state index contributed by atoms with van der Waals surface area (Å²) in [7, 11) is 0. The van der Waals surface area contributed by atoms with E-state index in [4.69, 9.17) is 5.11 Å². The van der Waals surface area contributed by atoms with E-state index in [1.165, 1.54) is 6.07 Å². The molecule has 0 fully saturated rings. The molecule has 1 heterocycles. The second kappa shape index (κ2) is 4.96. The fraction of sp³-hybridized carbons (Fsp3) is 0.182. The maximum Gasteiger partial charge on any atom is 0.157 e. The van der Waals surface area contributed by atoms with E-state index in [2.05, 4.69) is 10.3 Å². The number of phenolic OH excluding ortho intramolecular Hbond substituents is 2. The van der Waals surface area contributed by atoms with Gasteiger partial charge in [0.2, 0.25) is 0 Å². The lowest BCUT2D eigenvalue weighted by Gasteiger charge is -2.04. The van der Waals surface area contributed by atoms with E-state index in [-0.39, 0.29) is 11.5 Å². The Balaban J connectivity index is 1.87. The van der Waals surface area contributed by atoms with E-state index >= 15 is 0 Å². The fourth-order valence-electron chi connectivity index (χ4n) is 1.33. The van der Waals surface area contributed by atoms with Gasteiger partial charge < -0.3 is 15.5 Å². The van der Waals surface area contributed by atoms with Gasteiger partial charge >= 0.3 is 0 Å². The first-order valence-electron chi connectivity index (χ1n) is 4.85. The van der Waals surface area contributed by atoms with Crippen LogP contribution in [0.3, 0.4) is 0 Å². The lowest BCUT2D eigenvalue weighted by molar-refractivity contribution is 0.403. The number of hydrogen-bond donors (Lipinski definition) is 3. The lowest BCUT2D eigenvalue weighted by Crippen LogP contribution is -2.12. The molecule has 84 valence electrons. The first-order valence-corrected chi connectivity index (χ1v) is 5.73. The first-order chi connectivity index (χ1) is 7.75. The van der Waals surface area contributed by atoms with Crippen molar-refractivity contribution in [1.82, 2.24) is 10.3 Å². The van der Waals surface area contributed by atoms with Crippen molar-refractivity contribution in [3.05, 3.63) is 40.3 Å². The summed E-state index contributed by atoms with van der Waals surface area (Å²) in [4.78, 5) is 4.15. The monoisotopic (exact) mass is 236 g/mol. The molecule has 2 aromatic rings. The molecule has 0 saturated heterocycles. The number of nitrogens with zero attached hydrogens (tertiary/aromatic N) is 1. The Bertz CT molecular complexity index is 457. The van der Waals surface area contributed by atoms with Crippen LogP contribution in [0.2, 0.25) is 0 Å². The predicted octanol–water partition coefficient (Wildman–Crippen LogP) is 1.84. The summed E-state index contributed by atoms with van der Waals surface area (Å²) < 4.78 is 0. The second-order valence-electron chi connectivity index (χ2n) is 3.35. The minimum absolute atomic E-state index is 0.0893. The van der Waals surface area contributed by atoms with Gasteiger partial charge in [-0.3, -0.25) is 0 Å². The normalized spacial score (nSPS) is 10.5. The number of hydrogen-bond acceptors (Lipinski definition) is 5. The van der Waals surface area contributed by atoms with Crippen molar-refractivity contribution in [2.24, 2.45) is 0 Å². The van der Waals surface area contributed by atoms with Crippen LogP contribution in [0.5, 0.6) is 11.5 Å². The Morgan fingerprint density at radius 3 is 2.75 bits per heavy atom. The van der Waals surface area contributed by atoms with Crippen LogP contribution in [0.1, 0.15) is 10.6 Å². The summed E-state index contributed by atoms with van der Waals surface area (Å²) in [6.45, 7) is 1.34. The Labute approximate surface area is 97.2 Å². The minimum atomic E-state index is -0.0938. The fourth-order valence-corrected chi connectivity index (χ4v) is 1.92. The molecule has 0 radical (unpaired) electrons. The van der Waals surface area contributed by atoms with E-state index in [1.54, 1.807) is 29.7 Å². The van der Waals surface area contributed by atoms with Crippen molar-refractivity contribution < 1.29 is 10.2 Å². The molecule has 5 heteroatoms. The molecular formula is C11H12N2O2S. The highest BCUT2D eigenvalue weighted by atomic mass is 32.1. The van der Waals surface area contributed by atoms with Crippen LogP contribution >= 0.6 is 11.3 Å². The number of aromatic hydroxyl groups is 2. The van der Waals surface area contributed by atoms with Crippen molar-refractivity contribution in [2.45, 2.75) is 13.1 Å². The van der Waals surface area contributed by atoms with Gasteiger partial charge in [-0.25, -0.2) is 4.98 Å². The van der Waals surface area contributed by atoms with Crippen LogP contribution in [-0.2, 0) is 13.1 Å². The van der Waals surface area contributed by atoms with Gasteiger partial charge in [0.1, 0.15) is 5.01 Å². The molecule has 0 saturated carbocycles. The number of thiazole rings is 1. The van der Waals surface area contributed by atoms with Gasteiger partial charge in [-0.2, -0.15) is 0 Å². The van der Waals surface area contributed by atoms with Crippen LogP contribution in [0.4, 0.5) is 0 Å². The summed E-state index contributed by atoms with van der Waals surface area (Å²) >= 11 is 1.60. The minimum Gasteiger partial charge on any atom is -0.504 e. The molecule has 0 aliphatic rings. The standard InChI is InChI=1S/C11H12N2O2S/c14-9-2-1-8(5-10(9)15)6-12-7-11-13-3-4-16-11/h1-5,12,14-15H,6-7H2. The number of benzene rings is 1. The second-order valence-corrected chi connectivity index (χ2v) is 4.33. The maximum absolute atomic E-state index is 9.30. The third kappa shape index (κ3) is 2.71. The first kappa shape index (κ1) is 10.9. The Kier molecular flexibility index (Phi) is 3.38. The van der Waals surface area contributed by atoms with Crippen molar-refractivity contribution in [3.8, 4) is 11.5 Å². The number of phenols is 2. The molecule has 0 aliphatic carbocycles. The van der Waals surface area contributed by atoms with Crippen LogP contribution in [0.25, 0.3) is 0 Å². The van der Waals surface area contributed by atoms with Crippen LogP contribution in [-0.4, -0.2) is 15.2 Å². The van der Waals surface area contributed by atoms with Gasteiger partial charge in [-0.1, -0.05) is 6.07 Å². The number of rotatable bonds is 4. The van der Waals surface area contributed by atoms with Crippen LogP contribution in [0, 0.1) is 0 Å². The van der Waals surface area contributed by atoms with Crippen molar-refractivity contribution in [1.29, 1.82) is 0 Å². The highest BCUT2D eigenvalue weighted by Crippen LogP contribution is 2.24. The zero-order chi connectivity index (χ0) is 11.4. The average Bonchev–Trinajstić information content (AvgIpc) is 2.76. The van der Waals surface area contributed by atoms with Gasteiger partial charge in [0.05, 0.1) is 0 Å². The number of aromatic nitrogens is 1. The van der Waals surface area contributed by atoms with E-state index < -0.39 is 0 Å². The molecule has 0 atom stereocenters. The van der Waals surface area contributed by atoms with Gasteiger partial charge in [0.15, 0.2) is 11.5 Å². The van der Waals surface area contributed by atoms with Gasteiger partial charge in [0, 0.05) is 24.7 Å². The summed E-state index contributed by atoms with van der Waals surface area (Å²) in [5.74, 6) is -0.183. The molecule has 0 spiro atoms. The Morgan fingerprint density at radius 1 is 1.19 bits per heavy atom. The van der Waals surface area contributed by atoms with Gasteiger partial charge in [0.25, 0.3) is 0 Å². The summed E-state index contributed by atoms with van der Waals surface area (Å²) in [5.41, 5.74) is 0.923. The van der Waals surface area contributed by atoms with Gasteiger partial charge in [-0.15, -0.1) is 11.3 Å². The molecule has 0 bridgehead atoms. The zero-order valence-corrected chi connectivity index (χ0v) is 9.37. The Morgan fingerprint density at radius 2 is 2.06 bits per heavy atom. The molecule has 0 aliphatic heterocycles. The van der Waals surface area contributed by atoms with E-state index in [0.717, 1.165) is 10.6 Å². The smallest absolute Gasteiger partial charge is 0.157 e. The molecule has 2 rings (SSSR count). The third-order valence-corrected chi connectivity index (χ3v) is 2.91. The Hall–Kier alpha value is -1.59. The maximum atomic E-state index is 9.30. The SMILES string of the molecule is Oc1ccc(CNCc2nccs2)cc1O. The quantitative estimate of drug-likeness (QED) is 0.709. The third-order valence-electron chi connectivity index (χ3n) is 2.13. The van der Waals surface area contributed by atoms with Crippen LogP contribution < -0.4 is 5.32 Å². The summed E-state index contributed by atoms with van der Waals surface area (Å²) in [6, 6.07) is 4.80. The molecule has 0 unspecified atom stereocenters. The van der Waals surface area contributed by atoms with Crippen LogP contribution in [0.15, 0.2) is 29.8 Å². The molecule has 16 heavy (non-hydrogen) atoms. The van der Waals surface area contributed by atoms with Gasteiger partial charge in [-0.05, 0) is 17.7 Å². The largest absolute Gasteiger partial charge is 0.504 e. The molecule has 1 aromatic heterocycles. The molecule has 3 N–H and O–H groups in total. The molecule has 0 amide bonds. The average molecular weight is 236 g/mol. The topological polar surface area (TPSA) is 65.4 Å². The predicted molar refractivity (Wildman–Crippen MR) is 62.4 cm³/mol. The molecule has 1 aromatic carbocycles. The highest BCUT2D eigenvalue weighted by Gasteiger charge is 2.00. The highest BCUT2D eigenvalue weighted by molar-refractivity contribution is 7.09. The number of nitrogens with one attached hydrogen (secondary N) is 1. The summed E-state index contributed by atoms with van der Waals surface area (Å²) in [6.07, 6.45) is 1.77. The van der Waals surface area contributed by atoms with E-state index in [1.807, 2.05) is 5.38 Å². The zero-order valence-electron chi connectivity index (χ0n) is 8.55. The lowest BCUT2D eigenvalue weighted by atomic mass is 10.2. The van der Waals surface area contributed by atoms with Crippen molar-refractivity contribution >= 4 is 11.3 Å². The van der Waals surface area contributed by atoms with E-state index in [9.17, 15) is 5.11 Å². The van der Waals surface area contributed by atoms with Crippen molar-refractivity contribution in [2.75, 3.05) is 0 Å². The summed E-state index contributed by atoms with van der Waals surface area (Å²) in [5, 5.41) is 24.6. The molecular weight excluding hydrogens is 224 g/mol. The van der Waals surface area contributed by atoms with Crippen molar-refractivity contribution in [3.63, 3.8) is 0 Å². The molecule has 4 nitrogen and oxygen atoms in total.